The largest absolute Gasteiger partial charge is 0.301 e. The summed E-state index contributed by atoms with van der Waals surface area (Å²) in [6.07, 6.45) is 0.261. The van der Waals surface area contributed by atoms with Crippen molar-refractivity contribution in [2.75, 3.05) is 5.32 Å². The Morgan fingerprint density at radius 1 is 1.35 bits per heavy atom. The van der Waals surface area contributed by atoms with Crippen molar-refractivity contribution in [1.29, 1.82) is 0 Å². The number of rotatable bonds is 6. The van der Waals surface area contributed by atoms with Crippen LogP contribution in [0, 0.1) is 12.7 Å². The molecule has 0 spiro atoms. The molecule has 1 heterocycles. The van der Waals surface area contributed by atoms with Gasteiger partial charge in [-0.15, -0.1) is 11.3 Å². The van der Waals surface area contributed by atoms with Gasteiger partial charge in [-0.1, -0.05) is 6.92 Å². The lowest BCUT2D eigenvalue weighted by Gasteiger charge is -2.16. The van der Waals surface area contributed by atoms with Crippen LogP contribution in [0.2, 0.25) is 0 Å². The summed E-state index contributed by atoms with van der Waals surface area (Å²) in [5, 5.41) is 4.76. The van der Waals surface area contributed by atoms with Gasteiger partial charge >= 0.3 is 0 Å². The first kappa shape index (κ1) is 17.5. The van der Waals surface area contributed by atoms with Gasteiger partial charge in [0.25, 0.3) is 0 Å². The topological polar surface area (TPSA) is 88.2 Å². The molecule has 124 valence electrons. The quantitative estimate of drug-likeness (QED) is 0.830. The van der Waals surface area contributed by atoms with Gasteiger partial charge in [0.05, 0.1) is 10.6 Å². The molecule has 6 nitrogen and oxygen atoms in total. The van der Waals surface area contributed by atoms with E-state index in [4.69, 9.17) is 0 Å². The highest BCUT2D eigenvalue weighted by atomic mass is 32.2. The number of thiazole rings is 1. The third-order valence-corrected chi connectivity index (χ3v) is 5.36. The van der Waals surface area contributed by atoms with Crippen molar-refractivity contribution in [3.05, 3.63) is 41.2 Å². The molecule has 0 saturated carbocycles. The Labute approximate surface area is 137 Å². The molecule has 1 aromatic heterocycles. The van der Waals surface area contributed by atoms with E-state index in [2.05, 4.69) is 15.0 Å². The second kappa shape index (κ2) is 7.16. The van der Waals surface area contributed by atoms with E-state index >= 15 is 0 Å². The predicted octanol–water partition coefficient (Wildman–Crippen LogP) is 2.29. The maximum Gasteiger partial charge on any atom is 0.244 e. The molecule has 2 aromatic rings. The molecule has 23 heavy (non-hydrogen) atoms. The van der Waals surface area contributed by atoms with Gasteiger partial charge in [-0.25, -0.2) is 17.8 Å². The Balaban J connectivity index is 2.11. The maximum atomic E-state index is 12.9. The molecule has 0 radical (unpaired) electrons. The Morgan fingerprint density at radius 3 is 2.52 bits per heavy atom. The number of nitrogens with zero attached hydrogens (tertiary/aromatic N) is 1. The molecule has 1 atom stereocenters. The molecule has 2 N–H and O–H groups in total. The number of carbonyl (C=O) groups excluding carboxylic acids is 1. The molecular weight excluding hydrogens is 341 g/mol. The van der Waals surface area contributed by atoms with Crippen LogP contribution in [0.1, 0.15) is 19.0 Å². The number of hydrogen-bond donors (Lipinski definition) is 2. The van der Waals surface area contributed by atoms with Gasteiger partial charge in [-0.3, -0.25) is 4.79 Å². The molecular formula is C14H16FN3O3S2. The van der Waals surface area contributed by atoms with E-state index in [1.54, 1.807) is 19.2 Å². The van der Waals surface area contributed by atoms with Crippen LogP contribution in [-0.4, -0.2) is 25.4 Å². The molecule has 0 bridgehead atoms. The number of aromatic nitrogens is 1. The first-order valence-corrected chi connectivity index (χ1v) is 9.19. The SMILES string of the molecule is CCC(NS(=O)(=O)c1ccc(F)cc1)C(=O)Nc1nc(C)cs1. The van der Waals surface area contributed by atoms with Crippen molar-refractivity contribution >= 4 is 32.4 Å². The number of anilines is 1. The van der Waals surface area contributed by atoms with Crippen LogP contribution in [0.25, 0.3) is 0 Å². The smallest absolute Gasteiger partial charge is 0.244 e. The van der Waals surface area contributed by atoms with Gasteiger partial charge < -0.3 is 5.32 Å². The Hall–Kier alpha value is -1.84. The second-order valence-corrected chi connectivity index (χ2v) is 7.39. The molecule has 9 heteroatoms. The zero-order valence-electron chi connectivity index (χ0n) is 12.5. The van der Waals surface area contributed by atoms with Crippen LogP contribution in [0.15, 0.2) is 34.5 Å². The highest BCUT2D eigenvalue weighted by Crippen LogP contribution is 2.16. The molecule has 0 aliphatic rings. The van der Waals surface area contributed by atoms with E-state index in [0.29, 0.717) is 5.13 Å². The first-order valence-electron chi connectivity index (χ1n) is 6.82. The summed E-state index contributed by atoms with van der Waals surface area (Å²) in [4.78, 5) is 16.2. The van der Waals surface area contributed by atoms with Crippen LogP contribution in [0.4, 0.5) is 9.52 Å². The average Bonchev–Trinajstić information content (AvgIpc) is 2.90. The molecule has 0 fully saturated rings. The zero-order chi connectivity index (χ0) is 17.0. The Morgan fingerprint density at radius 2 is 2.00 bits per heavy atom. The zero-order valence-corrected chi connectivity index (χ0v) is 14.2. The number of amides is 1. The predicted molar refractivity (Wildman–Crippen MR) is 86.3 cm³/mol. The molecule has 0 saturated heterocycles. The van der Waals surface area contributed by atoms with Gasteiger partial charge in [-0.2, -0.15) is 4.72 Å². The average molecular weight is 357 g/mol. The van der Waals surface area contributed by atoms with E-state index in [1.165, 1.54) is 11.3 Å². The minimum absolute atomic E-state index is 0.102. The lowest BCUT2D eigenvalue weighted by atomic mass is 10.2. The monoisotopic (exact) mass is 357 g/mol. The van der Waals surface area contributed by atoms with Crippen molar-refractivity contribution in [2.24, 2.45) is 0 Å². The lowest BCUT2D eigenvalue weighted by molar-refractivity contribution is -0.117. The van der Waals surface area contributed by atoms with Crippen molar-refractivity contribution in [3.63, 3.8) is 0 Å². The molecule has 0 aliphatic heterocycles. The molecule has 1 unspecified atom stereocenters. The van der Waals surface area contributed by atoms with E-state index in [-0.39, 0.29) is 11.3 Å². The number of hydrogen-bond acceptors (Lipinski definition) is 5. The van der Waals surface area contributed by atoms with Crippen molar-refractivity contribution in [2.45, 2.75) is 31.2 Å². The fourth-order valence-electron chi connectivity index (χ4n) is 1.80. The summed E-state index contributed by atoms with van der Waals surface area (Å²) in [6, 6.07) is 3.44. The minimum Gasteiger partial charge on any atom is -0.301 e. The summed E-state index contributed by atoms with van der Waals surface area (Å²) in [7, 11) is -3.91. The van der Waals surface area contributed by atoms with Gasteiger partial charge in [-0.05, 0) is 37.6 Å². The maximum absolute atomic E-state index is 12.9. The van der Waals surface area contributed by atoms with Gasteiger partial charge in [0.1, 0.15) is 11.9 Å². The third kappa shape index (κ3) is 4.57. The van der Waals surface area contributed by atoms with E-state index in [0.717, 1.165) is 30.0 Å². The summed E-state index contributed by atoms with van der Waals surface area (Å²) >= 11 is 1.26. The number of carbonyl (C=O) groups is 1. The van der Waals surface area contributed by atoms with Gasteiger partial charge in [0.2, 0.25) is 15.9 Å². The molecule has 0 aliphatic carbocycles. The third-order valence-electron chi connectivity index (χ3n) is 3.00. The summed E-state index contributed by atoms with van der Waals surface area (Å²) in [5.74, 6) is -1.03. The Bertz CT molecular complexity index is 788. The molecule has 1 aromatic carbocycles. The number of benzene rings is 1. The summed E-state index contributed by atoms with van der Waals surface area (Å²) in [5.41, 5.74) is 0.769. The van der Waals surface area contributed by atoms with Crippen LogP contribution in [-0.2, 0) is 14.8 Å². The van der Waals surface area contributed by atoms with E-state index in [1.807, 2.05) is 0 Å². The highest BCUT2D eigenvalue weighted by molar-refractivity contribution is 7.89. The van der Waals surface area contributed by atoms with Crippen LogP contribution < -0.4 is 10.0 Å². The van der Waals surface area contributed by atoms with Crippen molar-refractivity contribution in [3.8, 4) is 0 Å². The van der Waals surface area contributed by atoms with Crippen LogP contribution in [0.3, 0.4) is 0 Å². The van der Waals surface area contributed by atoms with Crippen LogP contribution in [0.5, 0.6) is 0 Å². The van der Waals surface area contributed by atoms with Crippen LogP contribution >= 0.6 is 11.3 Å². The second-order valence-electron chi connectivity index (χ2n) is 4.82. The number of aryl methyl sites for hydroxylation is 1. The van der Waals surface area contributed by atoms with Gasteiger partial charge in [0, 0.05) is 5.38 Å². The normalized spacial score (nSPS) is 12.8. The first-order chi connectivity index (χ1) is 10.8. The summed E-state index contributed by atoms with van der Waals surface area (Å²) in [6.45, 7) is 3.48. The summed E-state index contributed by atoms with van der Waals surface area (Å²) < 4.78 is 39.7. The number of nitrogens with one attached hydrogen (secondary N) is 2. The van der Waals surface area contributed by atoms with Crippen molar-refractivity contribution in [1.82, 2.24) is 9.71 Å². The minimum atomic E-state index is -3.91. The van der Waals surface area contributed by atoms with E-state index < -0.39 is 27.8 Å². The number of sulfonamides is 1. The standard InChI is InChI=1S/C14H16FN3O3S2/c1-3-12(13(19)17-14-16-9(2)8-22-14)18-23(20,21)11-6-4-10(15)5-7-11/h4-8,12,18H,3H2,1-2H3,(H,16,17,19). The molecule has 2 rings (SSSR count). The highest BCUT2D eigenvalue weighted by Gasteiger charge is 2.25. The molecule has 1 amide bonds. The van der Waals surface area contributed by atoms with E-state index in [9.17, 15) is 17.6 Å². The Kier molecular flexibility index (Phi) is 5.45. The number of halogens is 1. The lowest BCUT2D eigenvalue weighted by Crippen LogP contribution is -2.43. The fourth-order valence-corrected chi connectivity index (χ4v) is 3.77. The van der Waals surface area contributed by atoms with Gasteiger partial charge in [0.15, 0.2) is 5.13 Å². The fraction of sp³-hybridized carbons (Fsp3) is 0.286. The van der Waals surface area contributed by atoms with Crippen molar-refractivity contribution < 1.29 is 17.6 Å².